The molecule has 0 unspecified atom stereocenters. The van der Waals surface area contributed by atoms with Crippen LogP contribution in [0, 0.1) is 0 Å². The van der Waals surface area contributed by atoms with Crippen LogP contribution < -0.4 is 5.32 Å². The molecule has 1 rings (SSSR count). The van der Waals surface area contributed by atoms with Crippen molar-refractivity contribution in [1.82, 2.24) is 4.90 Å². The van der Waals surface area contributed by atoms with Crippen LogP contribution in [-0.4, -0.2) is 42.9 Å². The van der Waals surface area contributed by atoms with Crippen LogP contribution >= 0.6 is 11.6 Å². The minimum absolute atomic E-state index is 0.118. The van der Waals surface area contributed by atoms with Crippen molar-refractivity contribution in [3.05, 3.63) is 40.9 Å². The Morgan fingerprint density at radius 1 is 1.31 bits per heavy atom. The number of hydrogen-bond acceptors (Lipinski definition) is 4. The van der Waals surface area contributed by atoms with E-state index >= 15 is 0 Å². The summed E-state index contributed by atoms with van der Waals surface area (Å²) >= 11 is 5.49. The Morgan fingerprint density at radius 3 is 2.54 bits per heavy atom. The van der Waals surface area contributed by atoms with Crippen LogP contribution in [0.15, 0.2) is 30.4 Å². The highest BCUT2D eigenvalue weighted by atomic mass is 35.5. The van der Waals surface area contributed by atoms with Gasteiger partial charge in [0.15, 0.2) is 6.61 Å². The number of nitrogens with zero attached hydrogens (tertiary/aromatic N) is 1. The second-order valence-electron chi connectivity index (χ2n) is 5.10. The van der Waals surface area contributed by atoms with E-state index in [9.17, 15) is 27.6 Å². The first-order valence-electron chi connectivity index (χ1n) is 7.24. The largest absolute Gasteiger partial charge is 0.452 e. The van der Waals surface area contributed by atoms with Gasteiger partial charge in [-0.2, -0.15) is 13.2 Å². The third-order valence-corrected chi connectivity index (χ3v) is 3.33. The summed E-state index contributed by atoms with van der Waals surface area (Å²) in [6.45, 7) is 0.594. The van der Waals surface area contributed by atoms with Crippen LogP contribution in [0.25, 0.3) is 0 Å². The molecule has 2 amide bonds. The van der Waals surface area contributed by atoms with Crippen LogP contribution in [0.3, 0.4) is 0 Å². The molecule has 0 atom stereocenters. The fourth-order valence-electron chi connectivity index (χ4n) is 1.75. The molecule has 0 spiro atoms. The number of ether oxygens (including phenoxy) is 1. The SMILES string of the molecule is C/C=C/C(=O)OCC(=O)N(C)CC(=O)Nc1ccc(Cl)c(C(F)(F)F)c1. The summed E-state index contributed by atoms with van der Waals surface area (Å²) < 4.78 is 43.0. The van der Waals surface area contributed by atoms with Crippen molar-refractivity contribution in [2.45, 2.75) is 13.1 Å². The molecule has 0 saturated carbocycles. The molecule has 10 heteroatoms. The van der Waals surface area contributed by atoms with Gasteiger partial charge >= 0.3 is 12.1 Å². The van der Waals surface area contributed by atoms with Crippen molar-refractivity contribution in [2.24, 2.45) is 0 Å². The van der Waals surface area contributed by atoms with Crippen molar-refractivity contribution in [1.29, 1.82) is 0 Å². The normalized spacial score (nSPS) is 11.3. The topological polar surface area (TPSA) is 75.7 Å². The minimum atomic E-state index is -4.67. The number of nitrogens with one attached hydrogen (secondary N) is 1. The van der Waals surface area contributed by atoms with Crippen LogP contribution in [-0.2, 0) is 25.3 Å². The predicted octanol–water partition coefficient (Wildman–Crippen LogP) is 2.88. The fraction of sp³-hybridized carbons (Fsp3) is 0.312. The van der Waals surface area contributed by atoms with Crippen molar-refractivity contribution < 1.29 is 32.3 Å². The fourth-order valence-corrected chi connectivity index (χ4v) is 1.98. The number of rotatable bonds is 6. The van der Waals surface area contributed by atoms with Gasteiger partial charge in [-0.25, -0.2) is 4.79 Å². The molecule has 6 nitrogen and oxygen atoms in total. The van der Waals surface area contributed by atoms with Gasteiger partial charge in [-0.05, 0) is 25.1 Å². The number of esters is 1. The molecule has 0 aromatic heterocycles. The minimum Gasteiger partial charge on any atom is -0.452 e. The molecule has 0 aliphatic rings. The van der Waals surface area contributed by atoms with E-state index in [0.29, 0.717) is 6.07 Å². The molecule has 142 valence electrons. The first-order valence-corrected chi connectivity index (χ1v) is 7.62. The van der Waals surface area contributed by atoms with Crippen LogP contribution in [0.1, 0.15) is 12.5 Å². The zero-order valence-electron chi connectivity index (χ0n) is 13.9. The van der Waals surface area contributed by atoms with E-state index in [1.54, 1.807) is 6.92 Å². The molecule has 26 heavy (non-hydrogen) atoms. The molecule has 1 aromatic carbocycles. The smallest absolute Gasteiger partial charge is 0.417 e. The zero-order valence-corrected chi connectivity index (χ0v) is 14.6. The quantitative estimate of drug-likeness (QED) is 0.596. The van der Waals surface area contributed by atoms with Crippen LogP contribution in [0.4, 0.5) is 18.9 Å². The van der Waals surface area contributed by atoms with Crippen molar-refractivity contribution in [2.75, 3.05) is 25.5 Å². The van der Waals surface area contributed by atoms with Gasteiger partial charge in [-0.1, -0.05) is 17.7 Å². The molecule has 0 radical (unpaired) electrons. The summed E-state index contributed by atoms with van der Waals surface area (Å²) in [6.07, 6.45) is -2.11. The van der Waals surface area contributed by atoms with Crippen LogP contribution in [0.2, 0.25) is 5.02 Å². The summed E-state index contributed by atoms with van der Waals surface area (Å²) in [5.74, 6) is -2.08. The van der Waals surface area contributed by atoms with Gasteiger partial charge in [0.1, 0.15) is 0 Å². The first-order chi connectivity index (χ1) is 12.0. The van der Waals surface area contributed by atoms with Gasteiger partial charge in [0.25, 0.3) is 5.91 Å². The van der Waals surface area contributed by atoms with Gasteiger partial charge in [0.2, 0.25) is 5.91 Å². The van der Waals surface area contributed by atoms with E-state index in [0.717, 1.165) is 17.0 Å². The van der Waals surface area contributed by atoms with E-state index in [-0.39, 0.29) is 5.69 Å². The number of allylic oxidation sites excluding steroid dienone is 1. The second kappa shape index (κ2) is 9.23. The van der Waals surface area contributed by atoms with Crippen molar-refractivity contribution >= 4 is 35.1 Å². The van der Waals surface area contributed by atoms with E-state index < -0.39 is 47.7 Å². The molecule has 1 aromatic rings. The van der Waals surface area contributed by atoms with Crippen molar-refractivity contribution in [3.63, 3.8) is 0 Å². The predicted molar refractivity (Wildman–Crippen MR) is 88.5 cm³/mol. The van der Waals surface area contributed by atoms with Gasteiger partial charge in [-0.15, -0.1) is 0 Å². The molecule has 1 N–H and O–H groups in total. The highest BCUT2D eigenvalue weighted by Crippen LogP contribution is 2.36. The van der Waals surface area contributed by atoms with E-state index in [1.165, 1.54) is 19.2 Å². The number of anilines is 1. The lowest BCUT2D eigenvalue weighted by atomic mass is 10.2. The Hall–Kier alpha value is -2.55. The highest BCUT2D eigenvalue weighted by molar-refractivity contribution is 6.31. The lowest BCUT2D eigenvalue weighted by molar-refractivity contribution is -0.148. The van der Waals surface area contributed by atoms with Crippen molar-refractivity contribution in [3.8, 4) is 0 Å². The number of carbonyl (C=O) groups excluding carboxylic acids is 3. The number of likely N-dealkylation sites (N-methyl/N-ethyl adjacent to an activating group) is 1. The van der Waals surface area contributed by atoms with Crippen LogP contribution in [0.5, 0.6) is 0 Å². The molecular weight excluding hydrogens is 377 g/mol. The number of carbonyl (C=O) groups is 3. The number of benzene rings is 1. The molecule has 0 aliphatic heterocycles. The average molecular weight is 393 g/mol. The number of halogens is 4. The van der Waals surface area contributed by atoms with Gasteiger partial charge in [0, 0.05) is 18.8 Å². The van der Waals surface area contributed by atoms with E-state index in [1.807, 2.05) is 0 Å². The zero-order chi connectivity index (χ0) is 19.9. The summed E-state index contributed by atoms with van der Waals surface area (Å²) in [5.41, 5.74) is -1.20. The first kappa shape index (κ1) is 21.5. The Kier molecular flexibility index (Phi) is 7.63. The Bertz CT molecular complexity index is 720. The number of hydrogen-bond donors (Lipinski definition) is 1. The molecule has 0 saturated heterocycles. The Balaban J connectivity index is 2.63. The highest BCUT2D eigenvalue weighted by Gasteiger charge is 2.33. The maximum absolute atomic E-state index is 12.8. The van der Waals surface area contributed by atoms with Gasteiger partial charge in [-0.3, -0.25) is 9.59 Å². The van der Waals surface area contributed by atoms with E-state index in [4.69, 9.17) is 11.6 Å². The monoisotopic (exact) mass is 392 g/mol. The summed E-state index contributed by atoms with van der Waals surface area (Å²) in [6, 6.07) is 2.91. The molecular formula is C16H16ClF3N2O4. The Morgan fingerprint density at radius 2 is 1.96 bits per heavy atom. The molecule has 0 aliphatic carbocycles. The average Bonchev–Trinajstić information content (AvgIpc) is 2.53. The van der Waals surface area contributed by atoms with Gasteiger partial charge < -0.3 is 15.0 Å². The molecule has 0 fully saturated rings. The Labute approximate surface area is 152 Å². The summed E-state index contributed by atoms with van der Waals surface area (Å²) in [5, 5.41) is 1.75. The van der Waals surface area contributed by atoms with E-state index in [2.05, 4.69) is 10.1 Å². The lowest BCUT2D eigenvalue weighted by Crippen LogP contribution is -2.37. The lowest BCUT2D eigenvalue weighted by Gasteiger charge is -2.17. The molecule has 0 bridgehead atoms. The summed E-state index contributed by atoms with van der Waals surface area (Å²) in [4.78, 5) is 35.7. The summed E-state index contributed by atoms with van der Waals surface area (Å²) in [7, 11) is 1.29. The third kappa shape index (κ3) is 6.75. The van der Waals surface area contributed by atoms with Gasteiger partial charge in [0.05, 0.1) is 17.1 Å². The number of amides is 2. The third-order valence-electron chi connectivity index (χ3n) is 3.00. The maximum Gasteiger partial charge on any atom is 0.417 e. The second-order valence-corrected chi connectivity index (χ2v) is 5.51. The molecule has 0 heterocycles. The number of alkyl halides is 3. The standard InChI is InChI=1S/C16H16ClF3N2O4/c1-3-4-15(25)26-9-14(24)22(2)8-13(23)21-10-5-6-12(17)11(7-10)16(18,19)20/h3-7H,8-9H2,1-2H3,(H,21,23)/b4-3+. The maximum atomic E-state index is 12.8.